The lowest BCUT2D eigenvalue weighted by atomic mass is 10.0. The minimum absolute atomic E-state index is 0. The van der Waals surface area contributed by atoms with Crippen molar-refractivity contribution in [3.63, 3.8) is 0 Å². The average molecular weight is 133 g/mol. The first-order valence-corrected chi connectivity index (χ1v) is 3.47. The number of hydrogen-bond acceptors (Lipinski definition) is 1. The summed E-state index contributed by atoms with van der Waals surface area (Å²) >= 11 is 0. The number of nitrogens with one attached hydrogen (secondary N) is 1. The van der Waals surface area contributed by atoms with Crippen LogP contribution in [0.3, 0.4) is 0 Å². The number of carbonyl (C=O) groups excluding carboxylic acids is 1. The first-order valence-electron chi connectivity index (χ1n) is 3.47. The highest BCUT2D eigenvalue weighted by Gasteiger charge is 2.10. The maximum Gasteiger partial charge on any atom is 0.222 e. The Hall–Kier alpha value is -0.530. The second kappa shape index (κ2) is 4.36. The first-order chi connectivity index (χ1) is 4.26. The summed E-state index contributed by atoms with van der Waals surface area (Å²) in [7, 11) is 1.68. The SMILES string of the molecule is CCC(CC)C(=O)NC.[HH].[HH]. The van der Waals surface area contributed by atoms with Crippen LogP contribution in [0.4, 0.5) is 0 Å². The van der Waals surface area contributed by atoms with Gasteiger partial charge in [-0.3, -0.25) is 4.79 Å². The molecule has 0 fully saturated rings. The molecule has 0 aromatic heterocycles. The molecule has 9 heavy (non-hydrogen) atoms. The molecule has 1 amide bonds. The molecular weight excluding hydrogens is 114 g/mol. The number of amides is 1. The van der Waals surface area contributed by atoms with Crippen LogP contribution in [-0.4, -0.2) is 13.0 Å². The zero-order valence-electron chi connectivity index (χ0n) is 6.40. The summed E-state index contributed by atoms with van der Waals surface area (Å²) in [5.74, 6) is 0.384. The van der Waals surface area contributed by atoms with Crippen LogP contribution < -0.4 is 5.32 Å². The van der Waals surface area contributed by atoms with Gasteiger partial charge in [0.2, 0.25) is 5.91 Å². The van der Waals surface area contributed by atoms with Crippen molar-refractivity contribution >= 4 is 5.91 Å². The third kappa shape index (κ3) is 2.49. The summed E-state index contributed by atoms with van der Waals surface area (Å²) in [5.41, 5.74) is 0. The molecule has 0 aliphatic heterocycles. The predicted octanol–water partition coefficient (Wildman–Crippen LogP) is 1.66. The van der Waals surface area contributed by atoms with Crippen molar-refractivity contribution in [2.24, 2.45) is 5.92 Å². The van der Waals surface area contributed by atoms with Crippen LogP contribution in [0.15, 0.2) is 0 Å². The van der Waals surface area contributed by atoms with Gasteiger partial charge in [0.25, 0.3) is 0 Å². The molecule has 58 valence electrons. The van der Waals surface area contributed by atoms with Gasteiger partial charge in [-0.15, -0.1) is 0 Å². The Morgan fingerprint density at radius 3 is 2.11 bits per heavy atom. The smallest absolute Gasteiger partial charge is 0.222 e. The third-order valence-corrected chi connectivity index (χ3v) is 1.60. The fourth-order valence-electron chi connectivity index (χ4n) is 0.864. The van der Waals surface area contributed by atoms with E-state index in [2.05, 4.69) is 5.32 Å². The summed E-state index contributed by atoms with van der Waals surface area (Å²) < 4.78 is 0. The van der Waals surface area contributed by atoms with Gasteiger partial charge >= 0.3 is 0 Å². The van der Waals surface area contributed by atoms with Crippen LogP contribution in [0.5, 0.6) is 0 Å². The Balaban J connectivity index is -0.000000320. The second-order valence-electron chi connectivity index (χ2n) is 2.13. The molecule has 0 saturated carbocycles. The number of carbonyl (C=O) groups is 1. The Kier molecular flexibility index (Phi) is 4.10. The van der Waals surface area contributed by atoms with Gasteiger partial charge in [0, 0.05) is 15.8 Å². The highest BCUT2D eigenvalue weighted by molar-refractivity contribution is 5.78. The fourth-order valence-corrected chi connectivity index (χ4v) is 0.864. The standard InChI is InChI=1S/C7H15NO.2H2/c1-4-6(5-2)7(9)8-3;;/h6H,4-5H2,1-3H3,(H,8,9);2*1H. The maximum atomic E-state index is 10.9. The fraction of sp³-hybridized carbons (Fsp3) is 0.857. The quantitative estimate of drug-likeness (QED) is 0.623. The van der Waals surface area contributed by atoms with E-state index in [9.17, 15) is 4.79 Å². The van der Waals surface area contributed by atoms with Crippen LogP contribution in [0, 0.1) is 5.92 Å². The van der Waals surface area contributed by atoms with Crippen LogP contribution in [0.1, 0.15) is 29.5 Å². The molecule has 2 nitrogen and oxygen atoms in total. The van der Waals surface area contributed by atoms with Crippen LogP contribution in [0.25, 0.3) is 0 Å². The molecule has 0 aromatic rings. The van der Waals surface area contributed by atoms with Crippen LogP contribution >= 0.6 is 0 Å². The molecule has 0 atom stereocenters. The van der Waals surface area contributed by atoms with Crippen molar-refractivity contribution in [2.75, 3.05) is 7.05 Å². The summed E-state index contributed by atoms with van der Waals surface area (Å²) in [4.78, 5) is 10.9. The molecule has 0 bridgehead atoms. The molecule has 0 saturated heterocycles. The number of hydrogen-bond donors (Lipinski definition) is 1. The van der Waals surface area contributed by atoms with Gasteiger partial charge in [-0.25, -0.2) is 0 Å². The van der Waals surface area contributed by atoms with E-state index < -0.39 is 0 Å². The maximum absolute atomic E-state index is 10.9. The third-order valence-electron chi connectivity index (χ3n) is 1.60. The van der Waals surface area contributed by atoms with E-state index in [-0.39, 0.29) is 14.7 Å². The van der Waals surface area contributed by atoms with Crippen molar-refractivity contribution in [3.8, 4) is 0 Å². The summed E-state index contributed by atoms with van der Waals surface area (Å²) in [6, 6.07) is 0. The van der Waals surface area contributed by atoms with Gasteiger partial charge in [0.05, 0.1) is 0 Å². The van der Waals surface area contributed by atoms with Crippen molar-refractivity contribution in [1.82, 2.24) is 5.32 Å². The molecular formula is C7H19NO. The summed E-state index contributed by atoms with van der Waals surface area (Å²) in [6.45, 7) is 4.06. The summed E-state index contributed by atoms with van der Waals surface area (Å²) in [5, 5.41) is 2.63. The molecule has 0 spiro atoms. The molecule has 0 radical (unpaired) electrons. The van der Waals surface area contributed by atoms with Gasteiger partial charge in [0.1, 0.15) is 0 Å². The van der Waals surface area contributed by atoms with Crippen molar-refractivity contribution in [1.29, 1.82) is 0 Å². The molecule has 0 aromatic carbocycles. The molecule has 0 aliphatic rings. The van der Waals surface area contributed by atoms with Gasteiger partial charge < -0.3 is 5.32 Å². The van der Waals surface area contributed by atoms with Crippen LogP contribution in [-0.2, 0) is 4.79 Å². The van der Waals surface area contributed by atoms with E-state index in [0.29, 0.717) is 0 Å². The highest BCUT2D eigenvalue weighted by Crippen LogP contribution is 2.05. The van der Waals surface area contributed by atoms with E-state index >= 15 is 0 Å². The van der Waals surface area contributed by atoms with Crippen molar-refractivity contribution in [3.05, 3.63) is 0 Å². The Bertz CT molecular complexity index is 94.4. The molecule has 1 N–H and O–H groups in total. The Morgan fingerprint density at radius 2 is 2.00 bits per heavy atom. The average Bonchev–Trinajstić information content (AvgIpc) is 1.90. The predicted molar refractivity (Wildman–Crippen MR) is 42.4 cm³/mol. The lowest BCUT2D eigenvalue weighted by Gasteiger charge is -2.08. The van der Waals surface area contributed by atoms with Crippen molar-refractivity contribution in [2.45, 2.75) is 26.7 Å². The van der Waals surface area contributed by atoms with E-state index in [4.69, 9.17) is 0 Å². The van der Waals surface area contributed by atoms with Gasteiger partial charge in [-0.05, 0) is 12.8 Å². The monoisotopic (exact) mass is 133 g/mol. The zero-order chi connectivity index (χ0) is 7.28. The van der Waals surface area contributed by atoms with Gasteiger partial charge in [-0.1, -0.05) is 13.8 Å². The zero-order valence-corrected chi connectivity index (χ0v) is 6.40. The van der Waals surface area contributed by atoms with Gasteiger partial charge in [0.15, 0.2) is 0 Å². The summed E-state index contributed by atoms with van der Waals surface area (Å²) in [6.07, 6.45) is 1.88. The van der Waals surface area contributed by atoms with Crippen molar-refractivity contribution < 1.29 is 7.65 Å². The lowest BCUT2D eigenvalue weighted by Crippen LogP contribution is -2.26. The topological polar surface area (TPSA) is 29.1 Å². The normalized spacial score (nSPS) is 9.78. The first kappa shape index (κ1) is 8.47. The Morgan fingerprint density at radius 1 is 1.56 bits per heavy atom. The van der Waals surface area contributed by atoms with E-state index in [1.54, 1.807) is 7.05 Å². The lowest BCUT2D eigenvalue weighted by molar-refractivity contribution is -0.124. The molecule has 0 aliphatic carbocycles. The molecule has 0 rings (SSSR count). The van der Waals surface area contributed by atoms with Gasteiger partial charge in [-0.2, -0.15) is 0 Å². The largest absolute Gasteiger partial charge is 0.359 e. The molecule has 2 heteroatoms. The van der Waals surface area contributed by atoms with E-state index in [1.165, 1.54) is 0 Å². The minimum Gasteiger partial charge on any atom is -0.359 e. The van der Waals surface area contributed by atoms with E-state index in [1.807, 2.05) is 13.8 Å². The second-order valence-corrected chi connectivity index (χ2v) is 2.13. The Labute approximate surface area is 59.6 Å². The highest BCUT2D eigenvalue weighted by atomic mass is 16.1. The minimum atomic E-state index is 0. The van der Waals surface area contributed by atoms with Crippen LogP contribution in [0.2, 0.25) is 0 Å². The molecule has 0 heterocycles. The number of rotatable bonds is 3. The van der Waals surface area contributed by atoms with E-state index in [0.717, 1.165) is 12.8 Å². The molecule has 0 unspecified atom stereocenters.